The van der Waals surface area contributed by atoms with Crippen molar-refractivity contribution in [1.82, 2.24) is 14.9 Å². The predicted molar refractivity (Wildman–Crippen MR) is 133 cm³/mol. The van der Waals surface area contributed by atoms with E-state index in [9.17, 15) is 22.8 Å². The average Bonchev–Trinajstić information content (AvgIpc) is 3.54. The number of amides is 2. The number of nitrogens with zero attached hydrogens (tertiary/aromatic N) is 2. The van der Waals surface area contributed by atoms with Crippen LogP contribution in [-0.2, 0) is 9.53 Å². The molecule has 38 heavy (non-hydrogen) atoms. The van der Waals surface area contributed by atoms with Gasteiger partial charge in [-0.3, -0.25) is 10.1 Å². The number of benzene rings is 2. The first-order valence-corrected chi connectivity index (χ1v) is 12.1. The summed E-state index contributed by atoms with van der Waals surface area (Å²) >= 11 is 6.02. The highest BCUT2D eigenvalue weighted by Crippen LogP contribution is 2.45. The molecule has 5 rings (SSSR count). The molecule has 2 N–H and O–H groups in total. The van der Waals surface area contributed by atoms with Crippen molar-refractivity contribution in [3.8, 4) is 17.0 Å². The van der Waals surface area contributed by atoms with Gasteiger partial charge in [-0.1, -0.05) is 23.7 Å². The fourth-order valence-corrected chi connectivity index (χ4v) is 5.19. The van der Waals surface area contributed by atoms with Crippen molar-refractivity contribution < 1.29 is 32.2 Å². The fraction of sp³-hybridized carbons (Fsp3) is 0.269. The standard InChI is InChI=1S/C26H22ClF3N4O4/c1-37-26(36)32-15-4-2-13(3-5-15)19-12-31-24(33-19)20-9-6-16-10-14(11-21(35)34(16)20)22-18(28)8-7-17(27)23(22)38-25(29)30/h2-5,7-8,11-12,16,20,25H,6,9-10H2,1H3,(H,31,33)(H,32,36)/t16-,20+/m1/s1. The molecule has 8 nitrogen and oxygen atoms in total. The number of H-pyrrole nitrogens is 1. The lowest BCUT2D eigenvalue weighted by atomic mass is 9.93. The number of nitrogens with one attached hydrogen (secondary N) is 2. The Balaban J connectivity index is 1.37. The zero-order valence-electron chi connectivity index (χ0n) is 20.0. The highest BCUT2D eigenvalue weighted by atomic mass is 35.5. The molecule has 1 fully saturated rings. The van der Waals surface area contributed by atoms with Crippen molar-refractivity contribution in [3.05, 3.63) is 70.9 Å². The quantitative estimate of drug-likeness (QED) is 0.385. The number of aromatic amines is 1. The smallest absolute Gasteiger partial charge is 0.411 e. The van der Waals surface area contributed by atoms with Gasteiger partial charge in [0.25, 0.3) is 0 Å². The number of hydrogen-bond donors (Lipinski definition) is 2. The number of rotatable bonds is 6. The van der Waals surface area contributed by atoms with Gasteiger partial charge < -0.3 is 19.4 Å². The zero-order valence-corrected chi connectivity index (χ0v) is 20.8. The van der Waals surface area contributed by atoms with Crippen LogP contribution in [0.2, 0.25) is 5.02 Å². The highest BCUT2D eigenvalue weighted by Gasteiger charge is 2.42. The molecule has 2 atom stereocenters. The molecule has 0 aliphatic carbocycles. The van der Waals surface area contributed by atoms with Crippen LogP contribution in [-0.4, -0.2) is 46.6 Å². The third-order valence-electron chi connectivity index (χ3n) is 6.64. The van der Waals surface area contributed by atoms with Crippen LogP contribution in [0.5, 0.6) is 5.75 Å². The summed E-state index contributed by atoms with van der Waals surface area (Å²) in [4.78, 5) is 34.0. The van der Waals surface area contributed by atoms with E-state index in [0.717, 1.165) is 23.4 Å². The Kier molecular flexibility index (Phi) is 7.02. The number of carbonyl (C=O) groups excluding carboxylic acids is 2. The van der Waals surface area contributed by atoms with Gasteiger partial charge in [0.15, 0.2) is 5.75 Å². The second kappa shape index (κ2) is 10.4. The van der Waals surface area contributed by atoms with Gasteiger partial charge in [-0.05, 0) is 54.7 Å². The first-order chi connectivity index (χ1) is 18.2. The van der Waals surface area contributed by atoms with Gasteiger partial charge in [0.05, 0.1) is 35.6 Å². The summed E-state index contributed by atoms with van der Waals surface area (Å²) in [5, 5.41) is 2.41. The Morgan fingerprint density at radius 3 is 2.68 bits per heavy atom. The van der Waals surface area contributed by atoms with Gasteiger partial charge in [-0.25, -0.2) is 14.2 Å². The molecule has 3 aromatic rings. The molecule has 12 heteroatoms. The largest absolute Gasteiger partial charge is 0.453 e. The molecule has 0 bridgehead atoms. The predicted octanol–water partition coefficient (Wildman–Crippen LogP) is 6.17. The van der Waals surface area contributed by atoms with Crippen molar-refractivity contribution in [2.45, 2.75) is 38.0 Å². The molecule has 2 aromatic carbocycles. The topological polar surface area (TPSA) is 96.6 Å². The van der Waals surface area contributed by atoms with Gasteiger partial charge in [0.1, 0.15) is 11.6 Å². The van der Waals surface area contributed by atoms with Crippen LogP contribution in [0.25, 0.3) is 16.8 Å². The molecule has 1 saturated heterocycles. The van der Waals surface area contributed by atoms with Gasteiger partial charge in [-0.2, -0.15) is 8.78 Å². The summed E-state index contributed by atoms with van der Waals surface area (Å²) in [5.74, 6) is -1.06. The van der Waals surface area contributed by atoms with Crippen LogP contribution in [0.15, 0.2) is 48.7 Å². The number of alkyl halides is 2. The van der Waals surface area contributed by atoms with E-state index in [4.69, 9.17) is 11.6 Å². The number of carbonyl (C=O) groups is 2. The maximum absolute atomic E-state index is 14.8. The number of imidazole rings is 1. The summed E-state index contributed by atoms with van der Waals surface area (Å²) in [6.45, 7) is -3.20. The third kappa shape index (κ3) is 4.93. The van der Waals surface area contributed by atoms with Crippen molar-refractivity contribution >= 4 is 34.9 Å². The lowest BCUT2D eigenvalue weighted by Gasteiger charge is -2.33. The van der Waals surface area contributed by atoms with Crippen molar-refractivity contribution in [3.63, 3.8) is 0 Å². The number of ether oxygens (including phenoxy) is 2. The molecule has 0 saturated carbocycles. The molecular weight excluding hydrogens is 525 g/mol. The monoisotopic (exact) mass is 546 g/mol. The van der Waals surface area contributed by atoms with Crippen molar-refractivity contribution in [2.24, 2.45) is 0 Å². The van der Waals surface area contributed by atoms with Crippen LogP contribution in [0.1, 0.15) is 36.7 Å². The van der Waals surface area contributed by atoms with E-state index in [1.54, 1.807) is 35.4 Å². The summed E-state index contributed by atoms with van der Waals surface area (Å²) in [6.07, 6.45) is 3.82. The van der Waals surface area contributed by atoms with Gasteiger partial charge in [0.2, 0.25) is 5.91 Å². The second-order valence-electron chi connectivity index (χ2n) is 8.85. The number of anilines is 1. The molecule has 0 radical (unpaired) electrons. The molecule has 0 unspecified atom stereocenters. The maximum Gasteiger partial charge on any atom is 0.411 e. The molecule has 2 aliphatic rings. The molecule has 2 amide bonds. The normalized spacial score (nSPS) is 18.8. The molecule has 198 valence electrons. The van der Waals surface area contributed by atoms with E-state index in [1.807, 2.05) is 0 Å². The van der Waals surface area contributed by atoms with Gasteiger partial charge >= 0.3 is 12.7 Å². The number of halogens is 4. The second-order valence-corrected chi connectivity index (χ2v) is 9.26. The van der Waals surface area contributed by atoms with Gasteiger partial charge in [-0.15, -0.1) is 0 Å². The lowest BCUT2D eigenvalue weighted by molar-refractivity contribution is -0.129. The summed E-state index contributed by atoms with van der Waals surface area (Å²) in [6, 6.07) is 8.65. The number of hydrogen-bond acceptors (Lipinski definition) is 5. The Morgan fingerprint density at radius 1 is 1.21 bits per heavy atom. The first-order valence-electron chi connectivity index (χ1n) is 11.7. The molecule has 1 aromatic heterocycles. The van der Waals surface area contributed by atoms with Crippen LogP contribution in [0.4, 0.5) is 23.7 Å². The summed E-state index contributed by atoms with van der Waals surface area (Å²) in [7, 11) is 1.28. The van der Waals surface area contributed by atoms with Crippen LogP contribution < -0.4 is 10.1 Å². The average molecular weight is 547 g/mol. The Labute approximate surface area is 220 Å². The van der Waals surface area contributed by atoms with Crippen LogP contribution in [0, 0.1) is 5.82 Å². The van der Waals surface area contributed by atoms with E-state index < -0.39 is 24.3 Å². The zero-order chi connectivity index (χ0) is 27.0. The maximum atomic E-state index is 14.8. The summed E-state index contributed by atoms with van der Waals surface area (Å²) < 4.78 is 49.8. The minimum Gasteiger partial charge on any atom is -0.453 e. The van der Waals surface area contributed by atoms with Crippen molar-refractivity contribution in [1.29, 1.82) is 0 Å². The highest BCUT2D eigenvalue weighted by molar-refractivity contribution is 6.32. The van der Waals surface area contributed by atoms with Gasteiger partial charge in [0, 0.05) is 17.8 Å². The van der Waals surface area contributed by atoms with E-state index in [1.165, 1.54) is 13.2 Å². The minimum atomic E-state index is -3.20. The Bertz CT molecular complexity index is 1410. The molecule has 0 spiro atoms. The Hall–Kier alpha value is -3.99. The Morgan fingerprint density at radius 2 is 1.97 bits per heavy atom. The van der Waals surface area contributed by atoms with Crippen LogP contribution >= 0.6 is 11.6 Å². The minimum absolute atomic E-state index is 0.168. The molecular formula is C26H22ClF3N4O4. The van der Waals surface area contributed by atoms with E-state index >= 15 is 0 Å². The number of methoxy groups -OCH3 is 1. The number of fused-ring (bicyclic) bond motifs is 1. The first kappa shape index (κ1) is 25.7. The number of aromatic nitrogens is 2. The van der Waals surface area contributed by atoms with Crippen LogP contribution in [0.3, 0.4) is 0 Å². The summed E-state index contributed by atoms with van der Waals surface area (Å²) in [5.41, 5.74) is 2.15. The molecule has 3 heterocycles. The van der Waals surface area contributed by atoms with E-state index in [0.29, 0.717) is 24.4 Å². The van der Waals surface area contributed by atoms with E-state index in [-0.39, 0.29) is 40.6 Å². The third-order valence-corrected chi connectivity index (χ3v) is 6.93. The fourth-order valence-electron chi connectivity index (χ4n) is 4.99. The lowest BCUT2D eigenvalue weighted by Crippen LogP contribution is -2.39. The van der Waals surface area contributed by atoms with Crippen molar-refractivity contribution in [2.75, 3.05) is 12.4 Å². The SMILES string of the molecule is COC(=O)Nc1ccc(-c2cnc([C@@H]3CC[C@@H]4CC(c5c(F)ccc(Cl)c5OC(F)F)=CC(=O)N43)[nH]2)cc1. The van der Waals surface area contributed by atoms with E-state index in [2.05, 4.69) is 24.8 Å². The molecule has 2 aliphatic heterocycles.